The van der Waals surface area contributed by atoms with Crippen LogP contribution in [0.4, 0.5) is 0 Å². The third-order valence-corrected chi connectivity index (χ3v) is 12.4. The number of cyclic esters (lactones) is 1. The van der Waals surface area contributed by atoms with Crippen LogP contribution in [0.3, 0.4) is 0 Å². The maximum absolute atomic E-state index is 12.4. The average Bonchev–Trinajstić information content (AvgIpc) is 3.45. The first-order valence-corrected chi connectivity index (χ1v) is 15.4. The molecule has 2 aliphatic heterocycles. The van der Waals surface area contributed by atoms with Crippen molar-refractivity contribution in [1.82, 2.24) is 0 Å². The first-order valence-electron chi connectivity index (χ1n) is 15.4. The van der Waals surface area contributed by atoms with E-state index in [0.29, 0.717) is 32.3 Å². The number of carbonyl (C=O) groups is 2. The van der Waals surface area contributed by atoms with Crippen molar-refractivity contribution in [2.75, 3.05) is 13.2 Å². The van der Waals surface area contributed by atoms with E-state index in [1.807, 2.05) is 0 Å². The number of rotatable bonds is 5. The Morgan fingerprint density at radius 2 is 1.76 bits per heavy atom. The van der Waals surface area contributed by atoms with Gasteiger partial charge in [0.15, 0.2) is 6.29 Å². The van der Waals surface area contributed by atoms with Gasteiger partial charge < -0.3 is 39.4 Å². The fourth-order valence-corrected chi connectivity index (χ4v) is 10.0. The number of fused-ring (bicyclic) bond motifs is 5. The van der Waals surface area contributed by atoms with Gasteiger partial charge in [-0.05, 0) is 80.1 Å². The van der Waals surface area contributed by atoms with Crippen molar-refractivity contribution in [3.05, 3.63) is 11.6 Å². The molecule has 1 saturated heterocycles. The molecule has 0 aromatic carbocycles. The summed E-state index contributed by atoms with van der Waals surface area (Å²) in [6.45, 7) is 5.81. The van der Waals surface area contributed by atoms with Crippen LogP contribution < -0.4 is 0 Å². The van der Waals surface area contributed by atoms with Gasteiger partial charge in [-0.15, -0.1) is 0 Å². The highest BCUT2D eigenvalue weighted by atomic mass is 16.7. The fraction of sp³-hybridized carbons (Fsp3) is 0.871. The molecule has 5 fully saturated rings. The molecule has 6 aliphatic rings. The van der Waals surface area contributed by atoms with E-state index in [4.69, 9.17) is 18.9 Å². The Morgan fingerprint density at radius 3 is 2.46 bits per heavy atom. The lowest BCUT2D eigenvalue weighted by molar-refractivity contribution is -0.295. The summed E-state index contributed by atoms with van der Waals surface area (Å²) in [6.07, 6.45) is 3.99. The fourth-order valence-electron chi connectivity index (χ4n) is 10.0. The zero-order chi connectivity index (χ0) is 29.4. The smallest absolute Gasteiger partial charge is 0.331 e. The van der Waals surface area contributed by atoms with Gasteiger partial charge in [0, 0.05) is 31.3 Å². The van der Waals surface area contributed by atoms with E-state index in [9.17, 15) is 30.0 Å². The Labute approximate surface area is 241 Å². The van der Waals surface area contributed by atoms with Crippen LogP contribution in [0.1, 0.15) is 85.0 Å². The molecule has 4 N–H and O–H groups in total. The number of hydrogen-bond donors (Lipinski definition) is 4. The SMILES string of the molecule is CC(=O)OC[C@H]1O[C@@H](OC2CC[C@]3(C)[C@H]4CC[C@]5(C)[C@@H](C6=CC(=O)OC6)CC[C@]5(O)[C@@H]4CCC3(O)C2)C[C@@H](O)[C@H]1O. The molecule has 0 bridgehead atoms. The molecule has 6 rings (SSSR count). The minimum Gasteiger partial charge on any atom is -0.463 e. The second kappa shape index (κ2) is 10.3. The number of esters is 2. The molecule has 0 aromatic heterocycles. The minimum absolute atomic E-state index is 0.0768. The van der Waals surface area contributed by atoms with E-state index < -0.39 is 41.8 Å². The van der Waals surface area contributed by atoms with Crippen molar-refractivity contribution in [2.24, 2.45) is 28.6 Å². The van der Waals surface area contributed by atoms with Gasteiger partial charge in [0.2, 0.25) is 0 Å². The van der Waals surface area contributed by atoms with Crippen LogP contribution in [0.25, 0.3) is 0 Å². The van der Waals surface area contributed by atoms with Crippen LogP contribution in [0, 0.1) is 28.6 Å². The van der Waals surface area contributed by atoms with Crippen molar-refractivity contribution in [1.29, 1.82) is 0 Å². The Kier molecular flexibility index (Phi) is 7.39. The maximum Gasteiger partial charge on any atom is 0.331 e. The van der Waals surface area contributed by atoms with Gasteiger partial charge in [-0.25, -0.2) is 4.79 Å². The molecule has 230 valence electrons. The summed E-state index contributed by atoms with van der Waals surface area (Å²) in [6, 6.07) is 0. The number of aliphatic hydroxyl groups excluding tert-OH is 2. The predicted octanol–water partition coefficient (Wildman–Crippen LogP) is 2.14. The monoisotopic (exact) mass is 578 g/mol. The Hall–Kier alpha value is -1.56. The van der Waals surface area contributed by atoms with E-state index in [2.05, 4.69) is 13.8 Å². The van der Waals surface area contributed by atoms with E-state index in [1.165, 1.54) is 6.92 Å². The molecule has 0 spiro atoms. The second-order valence-electron chi connectivity index (χ2n) is 14.2. The first-order chi connectivity index (χ1) is 19.3. The van der Waals surface area contributed by atoms with Gasteiger partial charge in [0.25, 0.3) is 0 Å². The number of ether oxygens (including phenoxy) is 4. The minimum atomic E-state index is -1.18. The van der Waals surface area contributed by atoms with Crippen LogP contribution in [0.2, 0.25) is 0 Å². The lowest BCUT2D eigenvalue weighted by Crippen LogP contribution is -2.67. The molecule has 0 amide bonds. The molecule has 10 heteroatoms. The van der Waals surface area contributed by atoms with E-state index in [1.54, 1.807) is 6.08 Å². The Morgan fingerprint density at radius 1 is 1.02 bits per heavy atom. The predicted molar refractivity (Wildman–Crippen MR) is 144 cm³/mol. The first kappa shape index (κ1) is 29.5. The van der Waals surface area contributed by atoms with Gasteiger partial charge in [0.05, 0.1) is 23.4 Å². The molecule has 4 saturated carbocycles. The summed E-state index contributed by atoms with van der Waals surface area (Å²) < 4.78 is 22.4. The van der Waals surface area contributed by atoms with Gasteiger partial charge >= 0.3 is 11.9 Å². The third-order valence-electron chi connectivity index (χ3n) is 12.4. The lowest BCUT2D eigenvalue weighted by atomic mass is 9.42. The van der Waals surface area contributed by atoms with Gasteiger partial charge in [-0.3, -0.25) is 4.79 Å². The van der Waals surface area contributed by atoms with Crippen LogP contribution in [-0.4, -0.2) is 87.5 Å². The van der Waals surface area contributed by atoms with Gasteiger partial charge in [0.1, 0.15) is 25.4 Å². The van der Waals surface area contributed by atoms with Crippen LogP contribution >= 0.6 is 0 Å². The number of aliphatic hydroxyl groups is 4. The van der Waals surface area contributed by atoms with Crippen molar-refractivity contribution in [2.45, 2.75) is 127 Å². The second-order valence-corrected chi connectivity index (χ2v) is 14.2. The molecule has 2 unspecified atom stereocenters. The lowest BCUT2D eigenvalue weighted by Gasteiger charge is -2.66. The van der Waals surface area contributed by atoms with E-state index in [0.717, 1.165) is 37.7 Å². The van der Waals surface area contributed by atoms with Crippen LogP contribution in [-0.2, 0) is 28.5 Å². The summed E-state index contributed by atoms with van der Waals surface area (Å²) in [5, 5.41) is 45.3. The molecule has 0 radical (unpaired) electrons. The largest absolute Gasteiger partial charge is 0.463 e. The number of hydrogen-bond acceptors (Lipinski definition) is 10. The van der Waals surface area contributed by atoms with Crippen molar-refractivity contribution in [3.63, 3.8) is 0 Å². The van der Waals surface area contributed by atoms with E-state index in [-0.39, 0.29) is 53.7 Å². The average molecular weight is 579 g/mol. The number of carbonyl (C=O) groups excluding carboxylic acids is 2. The highest BCUT2D eigenvalue weighted by Crippen LogP contribution is 2.70. The maximum atomic E-state index is 12.4. The third kappa shape index (κ3) is 4.59. The van der Waals surface area contributed by atoms with Crippen molar-refractivity contribution < 1.29 is 49.0 Å². The molecule has 41 heavy (non-hydrogen) atoms. The normalized spacial score (nSPS) is 51.2. The molecular formula is C31H46O10. The van der Waals surface area contributed by atoms with Gasteiger partial charge in [-0.1, -0.05) is 13.8 Å². The molecule has 10 nitrogen and oxygen atoms in total. The standard InChI is InChI=1S/C31H46O10/c1-17(32)38-16-24-27(35)23(33)13-26(41-24)40-19-4-8-28(2)21-5-9-29(3)20(18-12-25(34)39-15-18)7-11-31(29,37)22(21)6-10-30(28,36)14-19/h12,19-24,26-27,33,35-37H,4-11,13-16H2,1-3H3/t19?,20-,21+,22-,23-,24-,26-,27-,28-,29-,30?,31+/m1/s1. The summed E-state index contributed by atoms with van der Waals surface area (Å²) >= 11 is 0. The summed E-state index contributed by atoms with van der Waals surface area (Å²) in [7, 11) is 0. The zero-order valence-corrected chi connectivity index (χ0v) is 24.4. The summed E-state index contributed by atoms with van der Waals surface area (Å²) in [5.74, 6) is -0.403. The molecular weight excluding hydrogens is 532 g/mol. The van der Waals surface area contributed by atoms with Gasteiger partial charge in [-0.2, -0.15) is 0 Å². The highest BCUT2D eigenvalue weighted by molar-refractivity contribution is 5.85. The molecule has 0 aromatic rings. The van der Waals surface area contributed by atoms with Crippen LogP contribution in [0.5, 0.6) is 0 Å². The van der Waals surface area contributed by atoms with Crippen molar-refractivity contribution in [3.8, 4) is 0 Å². The van der Waals surface area contributed by atoms with Crippen molar-refractivity contribution >= 4 is 11.9 Å². The molecule has 4 aliphatic carbocycles. The van der Waals surface area contributed by atoms with E-state index >= 15 is 0 Å². The summed E-state index contributed by atoms with van der Waals surface area (Å²) in [5.41, 5.74) is -1.50. The summed E-state index contributed by atoms with van der Waals surface area (Å²) in [4.78, 5) is 23.1. The Balaban J connectivity index is 1.15. The highest BCUT2D eigenvalue weighted by Gasteiger charge is 2.70. The molecule has 2 heterocycles. The Bertz CT molecular complexity index is 1090. The zero-order valence-electron chi connectivity index (χ0n) is 24.4. The van der Waals surface area contributed by atoms with Crippen LogP contribution in [0.15, 0.2) is 11.6 Å². The molecule has 12 atom stereocenters. The quantitative estimate of drug-likeness (QED) is 0.282. The topological polar surface area (TPSA) is 152 Å².